The molecular weight excluding hydrogens is 400 g/mol. The zero-order valence-corrected chi connectivity index (χ0v) is 17.7. The molecule has 0 spiro atoms. The van der Waals surface area contributed by atoms with Crippen LogP contribution in [0.3, 0.4) is 0 Å². The molecule has 1 aromatic heterocycles. The molecule has 2 saturated heterocycles. The number of nitrogens with zero attached hydrogens (tertiary/aromatic N) is 3. The highest BCUT2D eigenvalue weighted by Crippen LogP contribution is 2.30. The zero-order valence-electron chi connectivity index (χ0n) is 17.7. The summed E-state index contributed by atoms with van der Waals surface area (Å²) in [6, 6.07) is 5.18. The Morgan fingerprint density at radius 3 is 2.55 bits per heavy atom. The normalized spacial score (nSPS) is 20.3. The van der Waals surface area contributed by atoms with E-state index in [1.54, 1.807) is 11.6 Å². The summed E-state index contributed by atoms with van der Waals surface area (Å²) in [5.74, 6) is -0.916. The molecule has 0 saturated carbocycles. The molecule has 2 aliphatic rings. The Balaban J connectivity index is 1.51. The van der Waals surface area contributed by atoms with Crippen LogP contribution in [0.1, 0.15) is 51.0 Å². The van der Waals surface area contributed by atoms with E-state index in [-0.39, 0.29) is 24.4 Å². The first-order valence-electron chi connectivity index (χ1n) is 10.9. The maximum Gasteiger partial charge on any atom is 0.329 e. The zero-order chi connectivity index (χ0) is 22.1. The number of benzene rings is 1. The van der Waals surface area contributed by atoms with Gasteiger partial charge in [0, 0.05) is 38.7 Å². The summed E-state index contributed by atoms with van der Waals surface area (Å²) < 4.78 is 3.05. The van der Waals surface area contributed by atoms with Gasteiger partial charge in [-0.05, 0) is 56.2 Å². The van der Waals surface area contributed by atoms with E-state index in [4.69, 9.17) is 5.11 Å². The summed E-state index contributed by atoms with van der Waals surface area (Å²) in [4.78, 5) is 49.7. The van der Waals surface area contributed by atoms with Crippen molar-refractivity contribution in [1.29, 1.82) is 0 Å². The van der Waals surface area contributed by atoms with Crippen molar-refractivity contribution < 1.29 is 19.5 Å². The minimum absolute atomic E-state index is 0.221. The molecule has 3 heterocycles. The van der Waals surface area contributed by atoms with Gasteiger partial charge in [0.1, 0.15) is 6.04 Å². The van der Waals surface area contributed by atoms with E-state index in [9.17, 15) is 19.2 Å². The van der Waals surface area contributed by atoms with E-state index < -0.39 is 17.9 Å². The van der Waals surface area contributed by atoms with E-state index in [0.29, 0.717) is 17.9 Å². The van der Waals surface area contributed by atoms with Gasteiger partial charge in [-0.25, -0.2) is 4.79 Å². The Morgan fingerprint density at radius 1 is 1.13 bits per heavy atom. The first-order valence-corrected chi connectivity index (χ1v) is 10.9. The van der Waals surface area contributed by atoms with Crippen molar-refractivity contribution in [3.05, 3.63) is 28.7 Å². The van der Waals surface area contributed by atoms with Gasteiger partial charge in [-0.2, -0.15) is 0 Å². The predicted molar refractivity (Wildman–Crippen MR) is 115 cm³/mol. The number of carbonyl (C=O) groups is 3. The van der Waals surface area contributed by atoms with E-state index in [1.807, 2.05) is 18.2 Å². The number of imidazole rings is 1. The molecular formula is C22H28N4O5. The predicted octanol–water partition coefficient (Wildman–Crippen LogP) is 1.79. The fraction of sp³-hybridized carbons (Fsp3) is 0.545. The number of piperidine rings is 2. The fourth-order valence-electron chi connectivity index (χ4n) is 4.80. The van der Waals surface area contributed by atoms with Crippen LogP contribution in [0.15, 0.2) is 23.0 Å². The van der Waals surface area contributed by atoms with Crippen LogP contribution in [0.25, 0.3) is 11.0 Å². The van der Waals surface area contributed by atoms with Crippen LogP contribution in [-0.2, 0) is 21.4 Å². The number of imide groups is 1. The molecule has 0 aliphatic carbocycles. The van der Waals surface area contributed by atoms with Gasteiger partial charge >= 0.3 is 11.7 Å². The number of carboxylic acid groups (broad SMARTS) is 1. The Kier molecular flexibility index (Phi) is 5.84. The smallest absolute Gasteiger partial charge is 0.329 e. The lowest BCUT2D eigenvalue weighted by atomic mass is 9.91. The topological polar surface area (TPSA) is 114 Å². The highest BCUT2D eigenvalue weighted by molar-refractivity contribution is 6.00. The highest BCUT2D eigenvalue weighted by Gasteiger charge is 2.31. The number of amides is 2. The summed E-state index contributed by atoms with van der Waals surface area (Å²) >= 11 is 0. The standard InChI is InChI=1S/C22H28N4O5/c1-24-18-13-15(25-11-9-14(10-12-25)3-2-4-20(28)29)5-6-16(18)26(22(24)31)17-7-8-19(27)23-21(17)30/h5-6,13-14,17H,2-4,7-12H2,1H3,(H,28,29)(H,23,27,30). The largest absolute Gasteiger partial charge is 0.481 e. The van der Waals surface area contributed by atoms with Gasteiger partial charge in [0.05, 0.1) is 11.0 Å². The van der Waals surface area contributed by atoms with Crippen LogP contribution in [-0.4, -0.2) is 45.1 Å². The molecule has 166 valence electrons. The van der Waals surface area contributed by atoms with Gasteiger partial charge in [0.2, 0.25) is 11.8 Å². The van der Waals surface area contributed by atoms with Crippen molar-refractivity contribution in [2.75, 3.05) is 18.0 Å². The molecule has 4 rings (SSSR count). The van der Waals surface area contributed by atoms with Crippen LogP contribution in [0.4, 0.5) is 5.69 Å². The number of aromatic nitrogens is 2. The quantitative estimate of drug-likeness (QED) is 0.678. The Labute approximate surface area is 179 Å². The van der Waals surface area contributed by atoms with E-state index in [1.165, 1.54) is 4.57 Å². The number of fused-ring (bicyclic) bond motifs is 1. The number of hydrogen-bond donors (Lipinski definition) is 2. The Bertz CT molecular complexity index is 1080. The summed E-state index contributed by atoms with van der Waals surface area (Å²) in [7, 11) is 1.70. The number of hydrogen-bond acceptors (Lipinski definition) is 5. The third kappa shape index (κ3) is 4.22. The SMILES string of the molecule is Cn1c(=O)n(C2CCC(=O)NC2=O)c2ccc(N3CCC(CCCC(=O)O)CC3)cc21. The van der Waals surface area contributed by atoms with Gasteiger partial charge < -0.3 is 10.0 Å². The average Bonchev–Trinajstić information content (AvgIpc) is 2.98. The molecule has 2 N–H and O–H groups in total. The first kappa shape index (κ1) is 21.1. The molecule has 2 aliphatic heterocycles. The summed E-state index contributed by atoms with van der Waals surface area (Å²) in [5, 5.41) is 11.1. The minimum Gasteiger partial charge on any atom is -0.481 e. The lowest BCUT2D eigenvalue weighted by Crippen LogP contribution is -2.44. The van der Waals surface area contributed by atoms with E-state index in [0.717, 1.165) is 50.0 Å². The number of aryl methyl sites for hydroxylation is 1. The van der Waals surface area contributed by atoms with Crippen molar-refractivity contribution in [2.45, 2.75) is 51.0 Å². The summed E-state index contributed by atoms with van der Waals surface area (Å²) in [6.45, 7) is 1.79. The second kappa shape index (κ2) is 8.56. The molecule has 2 aromatic rings. The lowest BCUT2D eigenvalue weighted by molar-refractivity contribution is -0.137. The van der Waals surface area contributed by atoms with Crippen molar-refractivity contribution in [1.82, 2.24) is 14.5 Å². The number of carbonyl (C=O) groups excluding carboxylic acids is 2. The van der Waals surface area contributed by atoms with Crippen molar-refractivity contribution in [3.63, 3.8) is 0 Å². The van der Waals surface area contributed by atoms with E-state index >= 15 is 0 Å². The molecule has 1 aromatic carbocycles. The third-order valence-corrected chi connectivity index (χ3v) is 6.58. The van der Waals surface area contributed by atoms with Crippen LogP contribution in [0, 0.1) is 5.92 Å². The van der Waals surface area contributed by atoms with Gasteiger partial charge in [-0.15, -0.1) is 0 Å². The molecule has 31 heavy (non-hydrogen) atoms. The van der Waals surface area contributed by atoms with Crippen LogP contribution >= 0.6 is 0 Å². The van der Waals surface area contributed by atoms with Crippen molar-refractivity contribution in [3.8, 4) is 0 Å². The highest BCUT2D eigenvalue weighted by atomic mass is 16.4. The fourth-order valence-corrected chi connectivity index (χ4v) is 4.80. The minimum atomic E-state index is -0.736. The Morgan fingerprint density at radius 2 is 1.87 bits per heavy atom. The maximum atomic E-state index is 12.9. The first-order chi connectivity index (χ1) is 14.8. The maximum absolute atomic E-state index is 12.9. The van der Waals surface area contributed by atoms with Gasteiger partial charge in [0.25, 0.3) is 0 Å². The molecule has 1 unspecified atom stereocenters. The lowest BCUT2D eigenvalue weighted by Gasteiger charge is -2.33. The molecule has 2 fully saturated rings. The van der Waals surface area contributed by atoms with Crippen LogP contribution in [0.2, 0.25) is 0 Å². The molecule has 1 atom stereocenters. The van der Waals surface area contributed by atoms with Gasteiger partial charge in [-0.1, -0.05) is 0 Å². The molecule has 2 amide bonds. The summed E-state index contributed by atoms with van der Waals surface area (Å²) in [6.07, 6.45) is 4.49. The molecule has 9 heteroatoms. The summed E-state index contributed by atoms with van der Waals surface area (Å²) in [5.41, 5.74) is 2.22. The number of nitrogens with one attached hydrogen (secondary N) is 1. The Hall–Kier alpha value is -3.10. The number of carboxylic acids is 1. The number of rotatable bonds is 6. The second-order valence-corrected chi connectivity index (χ2v) is 8.57. The number of anilines is 1. The van der Waals surface area contributed by atoms with Crippen molar-refractivity contribution in [2.24, 2.45) is 13.0 Å². The van der Waals surface area contributed by atoms with Gasteiger partial charge in [0.15, 0.2) is 0 Å². The molecule has 0 bridgehead atoms. The molecule has 0 radical (unpaired) electrons. The second-order valence-electron chi connectivity index (χ2n) is 8.57. The van der Waals surface area contributed by atoms with Crippen LogP contribution < -0.4 is 15.9 Å². The van der Waals surface area contributed by atoms with Crippen molar-refractivity contribution >= 4 is 34.5 Å². The number of aliphatic carboxylic acids is 1. The third-order valence-electron chi connectivity index (χ3n) is 6.58. The van der Waals surface area contributed by atoms with Gasteiger partial charge in [-0.3, -0.25) is 28.8 Å². The van der Waals surface area contributed by atoms with Crippen LogP contribution in [0.5, 0.6) is 0 Å². The van der Waals surface area contributed by atoms with E-state index in [2.05, 4.69) is 10.2 Å². The molecule has 9 nitrogen and oxygen atoms in total. The monoisotopic (exact) mass is 428 g/mol. The average molecular weight is 428 g/mol.